The van der Waals surface area contributed by atoms with Crippen molar-refractivity contribution in [3.8, 4) is 5.75 Å². The van der Waals surface area contributed by atoms with Crippen molar-refractivity contribution in [2.75, 3.05) is 0 Å². The number of hydrogen-bond donors (Lipinski definition) is 1. The molecule has 1 radical (unpaired) electrons. The Labute approximate surface area is 98.9 Å². The van der Waals surface area contributed by atoms with Crippen molar-refractivity contribution in [2.24, 2.45) is 0 Å². The fourth-order valence-corrected chi connectivity index (χ4v) is 2.05. The third kappa shape index (κ3) is 1.81. The summed E-state index contributed by atoms with van der Waals surface area (Å²) in [6, 6.07) is 11.5. The SMILES string of the molecule is Oc1cccc(C2O[B]c3cc(F)ccc32)c1. The Morgan fingerprint density at radius 1 is 1.18 bits per heavy atom. The molecule has 1 atom stereocenters. The summed E-state index contributed by atoms with van der Waals surface area (Å²) < 4.78 is 18.6. The lowest BCUT2D eigenvalue weighted by molar-refractivity contribution is 0.279. The second kappa shape index (κ2) is 3.89. The van der Waals surface area contributed by atoms with Crippen LogP contribution in [0.5, 0.6) is 5.75 Å². The van der Waals surface area contributed by atoms with Gasteiger partial charge in [-0.05, 0) is 40.9 Å². The maximum absolute atomic E-state index is 13.0. The Hall–Kier alpha value is -1.81. The van der Waals surface area contributed by atoms with Gasteiger partial charge >= 0.3 is 7.48 Å². The summed E-state index contributed by atoms with van der Waals surface area (Å²) >= 11 is 0. The molecule has 2 nitrogen and oxygen atoms in total. The van der Waals surface area contributed by atoms with Crippen molar-refractivity contribution in [2.45, 2.75) is 6.10 Å². The molecule has 0 saturated heterocycles. The predicted molar refractivity (Wildman–Crippen MR) is 62.8 cm³/mol. The Balaban J connectivity index is 2.04. The van der Waals surface area contributed by atoms with Gasteiger partial charge in [-0.25, -0.2) is 4.39 Å². The van der Waals surface area contributed by atoms with E-state index in [1.165, 1.54) is 12.1 Å². The van der Waals surface area contributed by atoms with Gasteiger partial charge in [0.05, 0.1) is 6.10 Å². The molecular weight excluding hydrogens is 218 g/mol. The van der Waals surface area contributed by atoms with Crippen LogP contribution in [0.15, 0.2) is 42.5 Å². The van der Waals surface area contributed by atoms with E-state index in [9.17, 15) is 9.50 Å². The number of hydrogen-bond acceptors (Lipinski definition) is 2. The molecule has 4 heteroatoms. The summed E-state index contributed by atoms with van der Waals surface area (Å²) in [7, 11) is 1.55. The summed E-state index contributed by atoms with van der Waals surface area (Å²) in [5, 5.41) is 9.44. The van der Waals surface area contributed by atoms with Crippen molar-refractivity contribution < 1.29 is 14.2 Å². The molecule has 1 aliphatic heterocycles. The van der Waals surface area contributed by atoms with E-state index >= 15 is 0 Å². The zero-order valence-corrected chi connectivity index (χ0v) is 8.93. The van der Waals surface area contributed by atoms with Crippen LogP contribution in [0, 0.1) is 5.82 Å². The summed E-state index contributed by atoms with van der Waals surface area (Å²) in [4.78, 5) is 0. The lowest BCUT2D eigenvalue weighted by atomic mass is 9.86. The summed E-state index contributed by atoms with van der Waals surface area (Å²) in [5.41, 5.74) is 2.52. The van der Waals surface area contributed by atoms with Crippen LogP contribution in [-0.2, 0) is 4.65 Å². The highest BCUT2D eigenvalue weighted by Crippen LogP contribution is 2.30. The van der Waals surface area contributed by atoms with Gasteiger partial charge in [-0.15, -0.1) is 0 Å². The van der Waals surface area contributed by atoms with Crippen LogP contribution in [-0.4, -0.2) is 12.6 Å². The molecule has 0 saturated carbocycles. The fraction of sp³-hybridized carbons (Fsp3) is 0.0769. The van der Waals surface area contributed by atoms with Crippen LogP contribution in [0.3, 0.4) is 0 Å². The molecule has 0 spiro atoms. The molecule has 1 heterocycles. The van der Waals surface area contributed by atoms with Crippen molar-refractivity contribution in [3.63, 3.8) is 0 Å². The highest BCUT2D eigenvalue weighted by atomic mass is 19.1. The second-order valence-electron chi connectivity index (χ2n) is 4.00. The maximum atomic E-state index is 13.0. The third-order valence-electron chi connectivity index (χ3n) is 2.84. The zero-order valence-electron chi connectivity index (χ0n) is 8.93. The van der Waals surface area contributed by atoms with Gasteiger partial charge in [-0.2, -0.15) is 0 Å². The summed E-state index contributed by atoms with van der Waals surface area (Å²) in [5.74, 6) is -0.0816. The van der Waals surface area contributed by atoms with E-state index in [1.807, 2.05) is 6.07 Å². The van der Waals surface area contributed by atoms with Crippen molar-refractivity contribution >= 4 is 12.9 Å². The highest BCUT2D eigenvalue weighted by Gasteiger charge is 2.26. The van der Waals surface area contributed by atoms with Gasteiger partial charge < -0.3 is 9.76 Å². The Kier molecular flexibility index (Phi) is 2.37. The van der Waals surface area contributed by atoms with E-state index in [1.54, 1.807) is 31.7 Å². The largest absolute Gasteiger partial charge is 0.508 e. The third-order valence-corrected chi connectivity index (χ3v) is 2.84. The summed E-state index contributed by atoms with van der Waals surface area (Å²) in [6.07, 6.45) is -0.266. The number of aromatic hydroxyl groups is 1. The number of rotatable bonds is 1. The van der Waals surface area contributed by atoms with Gasteiger partial charge in [0.1, 0.15) is 11.6 Å². The Morgan fingerprint density at radius 3 is 2.88 bits per heavy atom. The average Bonchev–Trinajstić information content (AvgIpc) is 2.71. The monoisotopic (exact) mass is 227 g/mol. The molecule has 1 N–H and O–H groups in total. The number of phenolic OH excluding ortho intramolecular Hbond substituents is 1. The fourth-order valence-electron chi connectivity index (χ4n) is 2.05. The zero-order chi connectivity index (χ0) is 11.8. The van der Waals surface area contributed by atoms with E-state index in [0.29, 0.717) is 0 Å². The van der Waals surface area contributed by atoms with Crippen LogP contribution in [0.1, 0.15) is 17.2 Å². The molecule has 1 aliphatic rings. The Morgan fingerprint density at radius 2 is 2.06 bits per heavy atom. The molecule has 83 valence electrons. The first kappa shape index (κ1) is 10.4. The second-order valence-corrected chi connectivity index (χ2v) is 4.00. The molecule has 0 aromatic heterocycles. The quantitative estimate of drug-likeness (QED) is 0.754. The molecule has 0 amide bonds. The van der Waals surface area contributed by atoms with Gasteiger partial charge in [-0.1, -0.05) is 18.2 Å². The van der Waals surface area contributed by atoms with Crippen LogP contribution >= 0.6 is 0 Å². The maximum Gasteiger partial charge on any atom is 0.331 e. The minimum atomic E-state index is -0.278. The van der Waals surface area contributed by atoms with Gasteiger partial charge in [0.2, 0.25) is 0 Å². The topological polar surface area (TPSA) is 29.5 Å². The predicted octanol–water partition coefficient (Wildman–Crippen LogP) is 1.90. The Bertz CT molecular complexity index is 571. The number of halogens is 1. The van der Waals surface area contributed by atoms with E-state index in [-0.39, 0.29) is 17.7 Å². The molecule has 0 bridgehead atoms. The van der Waals surface area contributed by atoms with E-state index in [4.69, 9.17) is 4.65 Å². The van der Waals surface area contributed by atoms with E-state index in [0.717, 1.165) is 16.6 Å². The molecule has 3 rings (SSSR count). The normalized spacial score (nSPS) is 17.6. The minimum absolute atomic E-state index is 0.196. The lowest BCUT2D eigenvalue weighted by Crippen LogP contribution is -2.11. The van der Waals surface area contributed by atoms with Gasteiger partial charge in [0.15, 0.2) is 0 Å². The minimum Gasteiger partial charge on any atom is -0.508 e. The average molecular weight is 227 g/mol. The van der Waals surface area contributed by atoms with Gasteiger partial charge in [0, 0.05) is 0 Å². The van der Waals surface area contributed by atoms with E-state index < -0.39 is 0 Å². The van der Waals surface area contributed by atoms with Crippen LogP contribution < -0.4 is 5.46 Å². The lowest BCUT2D eigenvalue weighted by Gasteiger charge is -2.12. The van der Waals surface area contributed by atoms with Crippen molar-refractivity contribution in [1.82, 2.24) is 0 Å². The van der Waals surface area contributed by atoms with Crippen LogP contribution in [0.4, 0.5) is 4.39 Å². The molecule has 0 aliphatic carbocycles. The molecule has 2 aromatic carbocycles. The number of benzene rings is 2. The molecule has 2 aromatic rings. The molecule has 17 heavy (non-hydrogen) atoms. The van der Waals surface area contributed by atoms with Crippen LogP contribution in [0.2, 0.25) is 0 Å². The van der Waals surface area contributed by atoms with Crippen molar-refractivity contribution in [1.29, 1.82) is 0 Å². The molecule has 1 unspecified atom stereocenters. The standard InChI is InChI=1S/C13H9BFO2/c15-9-4-5-11-12(7-9)14-17-13(11)8-2-1-3-10(16)6-8/h1-7,13,16H. The van der Waals surface area contributed by atoms with Crippen molar-refractivity contribution in [3.05, 3.63) is 59.4 Å². The van der Waals surface area contributed by atoms with Crippen LogP contribution in [0.25, 0.3) is 0 Å². The first-order chi connectivity index (χ1) is 8.24. The number of phenols is 1. The smallest absolute Gasteiger partial charge is 0.331 e. The molecule has 0 fully saturated rings. The first-order valence-electron chi connectivity index (χ1n) is 5.31. The molecular formula is C13H9BFO2. The highest BCUT2D eigenvalue weighted by molar-refractivity contribution is 6.49. The van der Waals surface area contributed by atoms with Gasteiger partial charge in [-0.3, -0.25) is 0 Å². The van der Waals surface area contributed by atoms with Gasteiger partial charge in [0.25, 0.3) is 0 Å². The number of fused-ring (bicyclic) bond motifs is 1. The first-order valence-corrected chi connectivity index (χ1v) is 5.31. The van der Waals surface area contributed by atoms with E-state index in [2.05, 4.69) is 0 Å². The summed E-state index contributed by atoms with van der Waals surface area (Å²) in [6.45, 7) is 0.